The maximum Gasteiger partial charge on any atom is 0.0890 e. The molecule has 3 nitrogen and oxygen atoms in total. The molecular weight excluding hydrogens is 262 g/mol. The van der Waals surface area contributed by atoms with E-state index < -0.39 is 0 Å². The molecule has 0 atom stereocenters. The van der Waals surface area contributed by atoms with Crippen LogP contribution in [0.3, 0.4) is 0 Å². The number of hydrogen-bond acceptors (Lipinski definition) is 2. The number of unbranched alkanes of at least 4 members (excludes halogenated alkanes) is 3. The molecule has 1 aliphatic carbocycles. The Kier molecular flexibility index (Phi) is 12.4. The molecule has 2 N–H and O–H groups in total. The van der Waals surface area contributed by atoms with Gasteiger partial charge in [0, 0.05) is 6.61 Å². The van der Waals surface area contributed by atoms with Crippen LogP contribution in [0.1, 0.15) is 84.5 Å². The number of hydrogen-bond donors (Lipinski definition) is 1. The maximum absolute atomic E-state index is 9.12. The average Bonchev–Trinajstić information content (AvgIpc) is 2.51. The molecule has 0 aromatic rings. The summed E-state index contributed by atoms with van der Waals surface area (Å²) in [5.41, 5.74) is 0. The van der Waals surface area contributed by atoms with E-state index in [9.17, 15) is 0 Å². The van der Waals surface area contributed by atoms with E-state index in [1.165, 1.54) is 88.3 Å². The van der Waals surface area contributed by atoms with Crippen LogP contribution < -0.4 is 0 Å². The smallest absolute Gasteiger partial charge is 0.0890 e. The summed E-state index contributed by atoms with van der Waals surface area (Å²) in [4.78, 5) is 0. The van der Waals surface area contributed by atoms with Gasteiger partial charge >= 0.3 is 0 Å². The maximum atomic E-state index is 9.12. The molecule has 1 rings (SSSR count). The molecule has 0 amide bonds. The second-order valence-electron chi connectivity index (χ2n) is 6.82. The lowest BCUT2D eigenvalue weighted by atomic mass is 9.91. The summed E-state index contributed by atoms with van der Waals surface area (Å²) in [6, 6.07) is 0.917. The summed E-state index contributed by atoms with van der Waals surface area (Å²) in [6.45, 7) is 9.09. The zero-order valence-electron chi connectivity index (χ0n) is 14.5. The molecule has 0 radical (unpaired) electrons. The fourth-order valence-electron chi connectivity index (χ4n) is 4.00. The Morgan fingerprint density at radius 3 is 1.81 bits per heavy atom. The van der Waals surface area contributed by atoms with Crippen molar-refractivity contribution in [1.29, 1.82) is 0 Å². The number of aliphatic hydroxyl groups is 1. The zero-order valence-corrected chi connectivity index (χ0v) is 14.5. The fourth-order valence-corrected chi connectivity index (χ4v) is 4.00. The molecule has 0 aromatic carbocycles. The van der Waals surface area contributed by atoms with Crippen molar-refractivity contribution in [2.75, 3.05) is 26.2 Å². The summed E-state index contributed by atoms with van der Waals surface area (Å²) in [6.07, 6.45) is 14.8. The monoisotopic (exact) mass is 301 g/mol. The van der Waals surface area contributed by atoms with Crippen LogP contribution in [-0.2, 0) is 0 Å². The molecule has 1 saturated carbocycles. The molecule has 128 valence electrons. The van der Waals surface area contributed by atoms with E-state index in [4.69, 9.17) is 5.11 Å². The van der Waals surface area contributed by atoms with Gasteiger partial charge in [-0.1, -0.05) is 33.1 Å². The van der Waals surface area contributed by atoms with Crippen molar-refractivity contribution in [3.8, 4) is 0 Å². The number of aliphatic hydroxyl groups excluding tert-OH is 1. The Morgan fingerprint density at radius 1 is 0.810 bits per heavy atom. The Labute approximate surface area is 132 Å². The lowest BCUT2D eigenvalue weighted by Crippen LogP contribution is -2.57. The summed E-state index contributed by atoms with van der Waals surface area (Å²) in [7, 11) is 0. The predicted octanol–water partition coefficient (Wildman–Crippen LogP) is 4.33. The molecule has 0 aliphatic heterocycles. The summed E-state index contributed by atoms with van der Waals surface area (Å²) in [5.74, 6) is 0. The molecule has 1 aliphatic rings. The van der Waals surface area contributed by atoms with Gasteiger partial charge in [0.1, 0.15) is 0 Å². The van der Waals surface area contributed by atoms with Crippen LogP contribution in [0.2, 0.25) is 0 Å². The van der Waals surface area contributed by atoms with E-state index in [1.807, 2.05) is 0 Å². The first-order valence-electron chi connectivity index (χ1n) is 9.25. The lowest BCUT2D eigenvalue weighted by molar-refractivity contribution is -0.953. The van der Waals surface area contributed by atoms with Gasteiger partial charge in [0.2, 0.25) is 0 Å². The van der Waals surface area contributed by atoms with Gasteiger partial charge < -0.3 is 15.1 Å². The van der Waals surface area contributed by atoms with Crippen LogP contribution in [-0.4, -0.2) is 47.3 Å². The van der Waals surface area contributed by atoms with Crippen molar-refractivity contribution in [2.45, 2.75) is 90.5 Å². The summed E-state index contributed by atoms with van der Waals surface area (Å²) in [5, 5.41) is 9.12. The van der Waals surface area contributed by atoms with Crippen LogP contribution in [0.25, 0.3) is 0 Å². The molecule has 0 unspecified atom stereocenters. The quantitative estimate of drug-likeness (QED) is 0.456. The van der Waals surface area contributed by atoms with Crippen molar-refractivity contribution in [1.82, 2.24) is 0 Å². The van der Waals surface area contributed by atoms with Crippen molar-refractivity contribution < 1.29 is 15.1 Å². The highest BCUT2D eigenvalue weighted by Gasteiger charge is 2.36. The third-order valence-electron chi connectivity index (χ3n) is 5.27. The molecule has 0 bridgehead atoms. The number of rotatable bonds is 11. The first kappa shape index (κ1) is 20.9. The Morgan fingerprint density at radius 2 is 1.33 bits per heavy atom. The second-order valence-corrected chi connectivity index (χ2v) is 6.82. The van der Waals surface area contributed by atoms with Gasteiger partial charge in [-0.05, 0) is 51.4 Å². The van der Waals surface area contributed by atoms with Crippen LogP contribution >= 0.6 is 0 Å². The molecule has 3 heteroatoms. The Hall–Kier alpha value is -0.120. The summed E-state index contributed by atoms with van der Waals surface area (Å²) < 4.78 is 1.38. The van der Waals surface area contributed by atoms with Gasteiger partial charge in [-0.3, -0.25) is 0 Å². The van der Waals surface area contributed by atoms with E-state index in [-0.39, 0.29) is 5.48 Å². The third-order valence-corrected chi connectivity index (χ3v) is 5.27. The highest BCUT2D eigenvalue weighted by molar-refractivity contribution is 4.68. The minimum Gasteiger partial charge on any atom is -0.870 e. The van der Waals surface area contributed by atoms with Crippen molar-refractivity contribution in [3.63, 3.8) is 0 Å². The van der Waals surface area contributed by atoms with Gasteiger partial charge in [0.05, 0.1) is 25.7 Å². The topological polar surface area (TPSA) is 50.2 Å². The van der Waals surface area contributed by atoms with Gasteiger partial charge in [-0.15, -0.1) is 0 Å². The summed E-state index contributed by atoms with van der Waals surface area (Å²) >= 11 is 0. The molecule has 0 saturated heterocycles. The number of nitrogens with zero attached hydrogens (tertiary/aromatic N) is 1. The largest absolute Gasteiger partial charge is 0.870 e. The van der Waals surface area contributed by atoms with E-state index in [1.54, 1.807) is 0 Å². The molecule has 21 heavy (non-hydrogen) atoms. The van der Waals surface area contributed by atoms with E-state index in [0.29, 0.717) is 6.61 Å². The fraction of sp³-hybridized carbons (Fsp3) is 1.00. The van der Waals surface area contributed by atoms with Gasteiger partial charge in [-0.25, -0.2) is 0 Å². The normalized spacial score (nSPS) is 16.7. The number of quaternary nitrogens is 1. The van der Waals surface area contributed by atoms with Gasteiger partial charge in [0.15, 0.2) is 0 Å². The molecule has 0 aromatic heterocycles. The van der Waals surface area contributed by atoms with Crippen molar-refractivity contribution in [3.05, 3.63) is 0 Å². The SMILES string of the molecule is CCCC[N+](CCCC)(CCCCO)C1CCCCC1.[OH-]. The highest BCUT2D eigenvalue weighted by Crippen LogP contribution is 2.30. The van der Waals surface area contributed by atoms with Crippen molar-refractivity contribution in [2.24, 2.45) is 0 Å². The zero-order chi connectivity index (χ0) is 14.7. The standard InChI is InChI=1S/C18H38NO.H2O/c1-3-5-14-19(15-6-4-2,16-10-11-17-20)18-12-8-7-9-13-18;/h18,20H,3-17H2,1-2H3;1H2/q+1;/p-1. The minimum atomic E-state index is 0. The van der Waals surface area contributed by atoms with Crippen LogP contribution in [0.4, 0.5) is 0 Å². The van der Waals surface area contributed by atoms with Crippen LogP contribution in [0.5, 0.6) is 0 Å². The minimum absolute atomic E-state index is 0. The third kappa shape index (κ3) is 7.12. The molecule has 1 fully saturated rings. The lowest BCUT2D eigenvalue weighted by Gasteiger charge is -2.47. The van der Waals surface area contributed by atoms with E-state index >= 15 is 0 Å². The van der Waals surface area contributed by atoms with Gasteiger partial charge in [0.25, 0.3) is 0 Å². The molecule has 0 spiro atoms. The second kappa shape index (κ2) is 12.4. The first-order valence-corrected chi connectivity index (χ1v) is 9.25. The van der Waals surface area contributed by atoms with Crippen LogP contribution in [0.15, 0.2) is 0 Å². The molecular formula is C18H39NO2. The highest BCUT2D eigenvalue weighted by atomic mass is 16.2. The average molecular weight is 302 g/mol. The van der Waals surface area contributed by atoms with Crippen molar-refractivity contribution >= 4 is 0 Å². The van der Waals surface area contributed by atoms with Crippen LogP contribution in [0, 0.1) is 0 Å². The first-order chi connectivity index (χ1) is 9.79. The van der Waals surface area contributed by atoms with E-state index in [0.717, 1.165) is 12.5 Å². The van der Waals surface area contributed by atoms with E-state index in [2.05, 4.69) is 13.8 Å². The van der Waals surface area contributed by atoms with Gasteiger partial charge in [-0.2, -0.15) is 0 Å². The Bertz CT molecular complexity index is 219. The predicted molar refractivity (Wildman–Crippen MR) is 89.8 cm³/mol. The molecule has 0 heterocycles. The Balaban J connectivity index is 0.00000400.